The van der Waals surface area contributed by atoms with Gasteiger partial charge in [-0.25, -0.2) is 0 Å². The number of nitrogens with one attached hydrogen (secondary N) is 1. The number of rotatable bonds is 4. The molecule has 0 aromatic carbocycles. The van der Waals surface area contributed by atoms with E-state index in [2.05, 4.69) is 36.7 Å². The molecule has 0 saturated heterocycles. The van der Waals surface area contributed by atoms with E-state index >= 15 is 0 Å². The van der Waals surface area contributed by atoms with Crippen LogP contribution < -0.4 is 5.32 Å². The highest BCUT2D eigenvalue weighted by molar-refractivity contribution is 7.10. The van der Waals surface area contributed by atoms with Crippen molar-refractivity contribution in [2.75, 3.05) is 0 Å². The van der Waals surface area contributed by atoms with Crippen LogP contribution in [0.3, 0.4) is 0 Å². The lowest BCUT2D eigenvalue weighted by atomic mass is 9.98. The third-order valence-electron chi connectivity index (χ3n) is 4.12. The van der Waals surface area contributed by atoms with Crippen LogP contribution in [-0.4, -0.2) is 6.04 Å². The first kappa shape index (κ1) is 13.1. The SMILES string of the molecule is CCC1CCCC(NC(C)c2cccs2)CC1. The zero-order valence-electron chi connectivity index (χ0n) is 11.1. The predicted octanol–water partition coefficient (Wildman–Crippen LogP) is 4.76. The Bertz CT molecular complexity index is 307. The molecule has 1 fully saturated rings. The smallest absolute Gasteiger partial charge is 0.0388 e. The van der Waals surface area contributed by atoms with E-state index in [0.717, 1.165) is 12.0 Å². The van der Waals surface area contributed by atoms with E-state index in [1.807, 2.05) is 11.3 Å². The van der Waals surface area contributed by atoms with Crippen LogP contribution in [-0.2, 0) is 0 Å². The molecular formula is C15H25NS. The van der Waals surface area contributed by atoms with Crippen molar-refractivity contribution in [3.8, 4) is 0 Å². The van der Waals surface area contributed by atoms with Gasteiger partial charge in [0.05, 0.1) is 0 Å². The van der Waals surface area contributed by atoms with Crippen molar-refractivity contribution in [2.45, 2.75) is 64.5 Å². The Morgan fingerprint density at radius 3 is 2.94 bits per heavy atom. The topological polar surface area (TPSA) is 12.0 Å². The van der Waals surface area contributed by atoms with E-state index in [4.69, 9.17) is 0 Å². The fraction of sp³-hybridized carbons (Fsp3) is 0.733. The van der Waals surface area contributed by atoms with Gasteiger partial charge in [0.15, 0.2) is 0 Å². The molecule has 2 heteroatoms. The molecular weight excluding hydrogens is 226 g/mol. The monoisotopic (exact) mass is 251 g/mol. The molecule has 0 bridgehead atoms. The number of hydrogen-bond donors (Lipinski definition) is 1. The van der Waals surface area contributed by atoms with Crippen molar-refractivity contribution in [2.24, 2.45) is 5.92 Å². The molecule has 0 aliphatic heterocycles. The molecule has 0 radical (unpaired) electrons. The minimum Gasteiger partial charge on any atom is -0.307 e. The fourth-order valence-corrected chi connectivity index (χ4v) is 3.67. The quantitative estimate of drug-likeness (QED) is 0.761. The molecule has 1 aliphatic carbocycles. The van der Waals surface area contributed by atoms with Crippen molar-refractivity contribution in [3.05, 3.63) is 22.4 Å². The largest absolute Gasteiger partial charge is 0.307 e. The maximum atomic E-state index is 3.82. The fourth-order valence-electron chi connectivity index (χ4n) is 2.93. The first-order valence-corrected chi connectivity index (χ1v) is 7.97. The summed E-state index contributed by atoms with van der Waals surface area (Å²) in [5.74, 6) is 0.985. The minimum atomic E-state index is 0.526. The summed E-state index contributed by atoms with van der Waals surface area (Å²) in [5.41, 5.74) is 0. The molecule has 1 aromatic rings. The molecule has 1 nitrogen and oxygen atoms in total. The third kappa shape index (κ3) is 3.82. The summed E-state index contributed by atoms with van der Waals surface area (Å²) in [6.07, 6.45) is 8.38. The van der Waals surface area contributed by atoms with Gasteiger partial charge in [-0.1, -0.05) is 32.3 Å². The Labute approximate surface area is 110 Å². The average molecular weight is 251 g/mol. The Kier molecular flexibility index (Phi) is 5.05. The van der Waals surface area contributed by atoms with Crippen molar-refractivity contribution < 1.29 is 0 Å². The second-order valence-corrected chi connectivity index (χ2v) is 6.36. The lowest BCUT2D eigenvalue weighted by Gasteiger charge is -2.21. The number of thiophene rings is 1. The average Bonchev–Trinajstić information content (AvgIpc) is 2.78. The lowest BCUT2D eigenvalue weighted by Crippen LogP contribution is -2.30. The Balaban J connectivity index is 1.82. The Morgan fingerprint density at radius 2 is 2.24 bits per heavy atom. The van der Waals surface area contributed by atoms with Gasteiger partial charge in [-0.2, -0.15) is 0 Å². The molecule has 3 unspecified atom stereocenters. The maximum Gasteiger partial charge on any atom is 0.0388 e. The van der Waals surface area contributed by atoms with Crippen LogP contribution in [0.2, 0.25) is 0 Å². The molecule has 1 saturated carbocycles. The normalized spacial score (nSPS) is 27.6. The summed E-state index contributed by atoms with van der Waals surface area (Å²) in [6, 6.07) is 5.66. The lowest BCUT2D eigenvalue weighted by molar-refractivity contribution is 0.402. The van der Waals surface area contributed by atoms with Gasteiger partial charge >= 0.3 is 0 Å². The van der Waals surface area contributed by atoms with Gasteiger partial charge in [-0.3, -0.25) is 0 Å². The highest BCUT2D eigenvalue weighted by atomic mass is 32.1. The highest BCUT2D eigenvalue weighted by Crippen LogP contribution is 2.27. The Morgan fingerprint density at radius 1 is 1.35 bits per heavy atom. The van der Waals surface area contributed by atoms with Gasteiger partial charge in [0, 0.05) is 17.0 Å². The van der Waals surface area contributed by atoms with E-state index in [0.29, 0.717) is 6.04 Å². The standard InChI is InChI=1S/C15H25NS/c1-3-13-6-4-7-14(10-9-13)16-12(2)15-8-5-11-17-15/h5,8,11-14,16H,3-4,6-7,9-10H2,1-2H3. The van der Waals surface area contributed by atoms with Crippen LogP contribution in [0.4, 0.5) is 0 Å². The van der Waals surface area contributed by atoms with Gasteiger partial charge in [0.25, 0.3) is 0 Å². The summed E-state index contributed by atoms with van der Waals surface area (Å²) in [6.45, 7) is 4.64. The predicted molar refractivity (Wildman–Crippen MR) is 76.5 cm³/mol. The van der Waals surface area contributed by atoms with Gasteiger partial charge in [0.2, 0.25) is 0 Å². The maximum absolute atomic E-state index is 3.82. The zero-order valence-corrected chi connectivity index (χ0v) is 11.9. The molecule has 1 heterocycles. The van der Waals surface area contributed by atoms with E-state index in [1.54, 1.807) is 0 Å². The van der Waals surface area contributed by atoms with Gasteiger partial charge < -0.3 is 5.32 Å². The van der Waals surface area contributed by atoms with E-state index in [9.17, 15) is 0 Å². The number of hydrogen-bond acceptors (Lipinski definition) is 2. The second-order valence-electron chi connectivity index (χ2n) is 5.38. The summed E-state index contributed by atoms with van der Waals surface area (Å²) in [5, 5.41) is 5.99. The van der Waals surface area contributed by atoms with Crippen molar-refractivity contribution in [3.63, 3.8) is 0 Å². The van der Waals surface area contributed by atoms with Crippen LogP contribution >= 0.6 is 11.3 Å². The first-order chi connectivity index (χ1) is 8.29. The van der Waals surface area contributed by atoms with Gasteiger partial charge in [-0.15, -0.1) is 11.3 Å². The van der Waals surface area contributed by atoms with Gasteiger partial charge in [-0.05, 0) is 43.6 Å². The third-order valence-corrected chi connectivity index (χ3v) is 5.18. The van der Waals surface area contributed by atoms with Crippen LogP contribution in [0.5, 0.6) is 0 Å². The minimum absolute atomic E-state index is 0.526. The van der Waals surface area contributed by atoms with Crippen molar-refractivity contribution >= 4 is 11.3 Å². The van der Waals surface area contributed by atoms with Gasteiger partial charge in [0.1, 0.15) is 0 Å². The second kappa shape index (κ2) is 6.55. The molecule has 1 aromatic heterocycles. The molecule has 1 aliphatic rings. The molecule has 0 spiro atoms. The summed E-state index contributed by atoms with van der Waals surface area (Å²) < 4.78 is 0. The molecule has 3 atom stereocenters. The van der Waals surface area contributed by atoms with Crippen molar-refractivity contribution in [1.29, 1.82) is 0 Å². The molecule has 2 rings (SSSR count). The van der Waals surface area contributed by atoms with Crippen LogP contribution in [0.15, 0.2) is 17.5 Å². The summed E-state index contributed by atoms with van der Waals surface area (Å²) in [4.78, 5) is 1.47. The first-order valence-electron chi connectivity index (χ1n) is 7.09. The molecule has 1 N–H and O–H groups in total. The zero-order chi connectivity index (χ0) is 12.1. The molecule has 17 heavy (non-hydrogen) atoms. The van der Waals surface area contributed by atoms with E-state index < -0.39 is 0 Å². The molecule has 96 valence electrons. The summed E-state index contributed by atoms with van der Waals surface area (Å²) in [7, 11) is 0. The summed E-state index contributed by atoms with van der Waals surface area (Å²) >= 11 is 1.87. The Hall–Kier alpha value is -0.340. The van der Waals surface area contributed by atoms with Crippen LogP contribution in [0.25, 0.3) is 0 Å². The highest BCUT2D eigenvalue weighted by Gasteiger charge is 2.19. The van der Waals surface area contributed by atoms with E-state index in [1.165, 1.54) is 43.4 Å². The van der Waals surface area contributed by atoms with Crippen LogP contribution in [0, 0.1) is 5.92 Å². The van der Waals surface area contributed by atoms with Crippen molar-refractivity contribution in [1.82, 2.24) is 5.32 Å². The van der Waals surface area contributed by atoms with Crippen LogP contribution in [0.1, 0.15) is 63.3 Å². The van der Waals surface area contributed by atoms with E-state index in [-0.39, 0.29) is 0 Å². The molecule has 0 amide bonds.